The zero-order valence-corrected chi connectivity index (χ0v) is 14.0. The lowest BCUT2D eigenvalue weighted by Gasteiger charge is -2.25. The van der Waals surface area contributed by atoms with Crippen molar-refractivity contribution >= 4 is 16.8 Å². The molecule has 25 heavy (non-hydrogen) atoms. The highest BCUT2D eigenvalue weighted by molar-refractivity contribution is 6.06. The van der Waals surface area contributed by atoms with Gasteiger partial charge < -0.3 is 19.7 Å². The van der Waals surface area contributed by atoms with Crippen LogP contribution in [-0.2, 0) is 0 Å². The maximum absolute atomic E-state index is 13.2. The van der Waals surface area contributed by atoms with Gasteiger partial charge in [0.25, 0.3) is 5.91 Å². The molecule has 2 N–H and O–H groups in total. The topological polar surface area (TPSA) is 65.6 Å². The van der Waals surface area contributed by atoms with Gasteiger partial charge in [-0.3, -0.25) is 4.79 Å². The maximum Gasteiger partial charge on any atom is 0.255 e. The molecule has 0 aliphatic carbocycles. The Bertz CT molecular complexity index is 918. The van der Waals surface area contributed by atoms with Gasteiger partial charge in [0.1, 0.15) is 5.75 Å². The summed E-state index contributed by atoms with van der Waals surface area (Å²) in [5, 5.41) is 11.1. The van der Waals surface area contributed by atoms with Crippen molar-refractivity contribution in [1.82, 2.24) is 9.88 Å². The van der Waals surface area contributed by atoms with Gasteiger partial charge in [0.2, 0.25) is 0 Å². The van der Waals surface area contributed by atoms with Crippen LogP contribution in [0.25, 0.3) is 10.9 Å². The molecule has 1 aromatic heterocycles. The van der Waals surface area contributed by atoms with Crippen LogP contribution in [0.3, 0.4) is 0 Å². The zero-order chi connectivity index (χ0) is 17.4. The molecule has 1 fully saturated rings. The van der Waals surface area contributed by atoms with Gasteiger partial charge in [0.05, 0.1) is 19.3 Å². The van der Waals surface area contributed by atoms with Gasteiger partial charge >= 0.3 is 0 Å². The number of hydrogen-bond acceptors (Lipinski definition) is 3. The average molecular weight is 336 g/mol. The molecular weight excluding hydrogens is 316 g/mol. The maximum atomic E-state index is 13.2. The Morgan fingerprint density at radius 3 is 2.92 bits per heavy atom. The molecule has 0 bridgehead atoms. The van der Waals surface area contributed by atoms with E-state index in [0.717, 1.165) is 22.2 Å². The standard InChI is InChI=1S/C20H20N2O3/c1-25-15-5-2-4-13(10-15)19-11-14(23)12-22(19)20(24)17-6-3-7-18-16(17)8-9-21-18/h2-10,14,19,21,23H,11-12H2,1H3. The van der Waals surface area contributed by atoms with Crippen molar-refractivity contribution in [2.24, 2.45) is 0 Å². The summed E-state index contributed by atoms with van der Waals surface area (Å²) < 4.78 is 5.30. The number of aromatic amines is 1. The van der Waals surface area contributed by atoms with Crippen LogP contribution in [-0.4, -0.2) is 40.7 Å². The monoisotopic (exact) mass is 336 g/mol. The highest BCUT2D eigenvalue weighted by Crippen LogP contribution is 2.35. The molecule has 0 saturated carbocycles. The van der Waals surface area contributed by atoms with Crippen LogP contribution in [0.2, 0.25) is 0 Å². The largest absolute Gasteiger partial charge is 0.497 e. The minimum atomic E-state index is -0.523. The molecule has 2 heterocycles. The number of aromatic nitrogens is 1. The predicted octanol–water partition coefficient (Wildman–Crippen LogP) is 3.12. The highest BCUT2D eigenvalue weighted by Gasteiger charge is 2.36. The van der Waals surface area contributed by atoms with Crippen LogP contribution < -0.4 is 4.74 Å². The summed E-state index contributed by atoms with van der Waals surface area (Å²) >= 11 is 0. The smallest absolute Gasteiger partial charge is 0.255 e. The number of amides is 1. The normalized spacial score (nSPS) is 20.2. The third-order valence-corrected chi connectivity index (χ3v) is 4.84. The van der Waals surface area contributed by atoms with E-state index >= 15 is 0 Å². The number of nitrogens with one attached hydrogen (secondary N) is 1. The fraction of sp³-hybridized carbons (Fsp3) is 0.250. The Morgan fingerprint density at radius 1 is 1.24 bits per heavy atom. The summed E-state index contributed by atoms with van der Waals surface area (Å²) in [7, 11) is 1.62. The molecule has 5 heteroatoms. The number of benzene rings is 2. The van der Waals surface area contributed by atoms with Crippen LogP contribution in [0.5, 0.6) is 5.75 Å². The Morgan fingerprint density at radius 2 is 2.08 bits per heavy atom. The first-order valence-corrected chi connectivity index (χ1v) is 8.36. The molecule has 0 radical (unpaired) electrons. The minimum Gasteiger partial charge on any atom is -0.497 e. The van der Waals surface area contributed by atoms with Gasteiger partial charge in [-0.2, -0.15) is 0 Å². The van der Waals surface area contributed by atoms with Gasteiger partial charge in [-0.1, -0.05) is 18.2 Å². The minimum absolute atomic E-state index is 0.0606. The Labute approximate surface area is 145 Å². The molecule has 3 aromatic rings. The number of rotatable bonds is 3. The molecular formula is C20H20N2O3. The lowest BCUT2D eigenvalue weighted by atomic mass is 10.0. The van der Waals surface area contributed by atoms with E-state index in [4.69, 9.17) is 4.74 Å². The molecule has 1 amide bonds. The number of carbonyl (C=O) groups is 1. The number of aliphatic hydroxyl groups is 1. The first-order valence-electron chi connectivity index (χ1n) is 8.36. The number of β-amino-alcohol motifs (C(OH)–C–C–N with tert-alkyl or cyclic N) is 1. The number of fused-ring (bicyclic) bond motifs is 1. The molecule has 0 spiro atoms. The molecule has 1 aliphatic rings. The summed E-state index contributed by atoms with van der Waals surface area (Å²) in [5.74, 6) is 0.689. The lowest BCUT2D eigenvalue weighted by molar-refractivity contribution is 0.0717. The van der Waals surface area contributed by atoms with E-state index in [0.29, 0.717) is 18.5 Å². The lowest BCUT2D eigenvalue weighted by Crippen LogP contribution is -2.31. The van der Waals surface area contributed by atoms with Gasteiger partial charge in [-0.15, -0.1) is 0 Å². The molecule has 128 valence electrons. The number of nitrogens with zero attached hydrogens (tertiary/aromatic N) is 1. The van der Waals surface area contributed by atoms with Gasteiger partial charge in [0, 0.05) is 29.2 Å². The second-order valence-electron chi connectivity index (χ2n) is 6.38. The van der Waals surface area contributed by atoms with E-state index in [1.54, 1.807) is 12.0 Å². The van der Waals surface area contributed by atoms with Crippen LogP contribution in [0.15, 0.2) is 54.7 Å². The number of ether oxygens (including phenoxy) is 1. The van der Waals surface area contributed by atoms with E-state index in [-0.39, 0.29) is 11.9 Å². The van der Waals surface area contributed by atoms with Gasteiger partial charge in [-0.25, -0.2) is 0 Å². The van der Waals surface area contributed by atoms with E-state index in [2.05, 4.69) is 4.98 Å². The number of methoxy groups -OCH3 is 1. The summed E-state index contributed by atoms with van der Waals surface area (Å²) in [6.07, 6.45) is 1.84. The number of aliphatic hydroxyl groups excluding tert-OH is 1. The first kappa shape index (κ1) is 15.7. The number of carbonyl (C=O) groups excluding carboxylic acids is 1. The summed E-state index contributed by atoms with van der Waals surface area (Å²) in [6, 6.07) is 15.1. The van der Waals surface area contributed by atoms with Crippen molar-refractivity contribution in [3.63, 3.8) is 0 Å². The van der Waals surface area contributed by atoms with Gasteiger partial charge in [0.15, 0.2) is 0 Å². The van der Waals surface area contributed by atoms with E-state index in [9.17, 15) is 9.90 Å². The van der Waals surface area contributed by atoms with Crippen molar-refractivity contribution in [1.29, 1.82) is 0 Å². The van der Waals surface area contributed by atoms with Gasteiger partial charge in [-0.05, 0) is 42.3 Å². The quantitative estimate of drug-likeness (QED) is 0.772. The second kappa shape index (κ2) is 6.26. The molecule has 4 rings (SSSR count). The SMILES string of the molecule is COc1cccc(C2CC(O)CN2C(=O)c2cccc3[nH]ccc23)c1. The molecule has 2 atom stereocenters. The Kier molecular flexibility index (Phi) is 3.93. The summed E-state index contributed by atoms with van der Waals surface area (Å²) in [6.45, 7) is 0.335. The summed E-state index contributed by atoms with van der Waals surface area (Å²) in [5.41, 5.74) is 2.56. The predicted molar refractivity (Wildman–Crippen MR) is 95.7 cm³/mol. The molecule has 5 nitrogen and oxygen atoms in total. The molecule has 1 aliphatic heterocycles. The van der Waals surface area contributed by atoms with Crippen molar-refractivity contribution in [3.8, 4) is 5.75 Å². The second-order valence-corrected chi connectivity index (χ2v) is 6.38. The van der Waals surface area contributed by atoms with E-state index < -0.39 is 6.10 Å². The Hall–Kier alpha value is -2.79. The van der Waals surface area contributed by atoms with E-state index in [1.807, 2.05) is 54.7 Å². The fourth-order valence-electron chi connectivity index (χ4n) is 3.63. The molecule has 1 saturated heterocycles. The Balaban J connectivity index is 1.72. The third-order valence-electron chi connectivity index (χ3n) is 4.84. The molecule has 2 unspecified atom stereocenters. The van der Waals surface area contributed by atoms with Crippen LogP contribution >= 0.6 is 0 Å². The van der Waals surface area contributed by atoms with Crippen molar-refractivity contribution < 1.29 is 14.6 Å². The number of hydrogen-bond donors (Lipinski definition) is 2. The first-order chi connectivity index (χ1) is 12.2. The number of likely N-dealkylation sites (tertiary alicyclic amines) is 1. The fourth-order valence-corrected chi connectivity index (χ4v) is 3.63. The van der Waals surface area contributed by atoms with Crippen molar-refractivity contribution in [3.05, 3.63) is 65.9 Å². The van der Waals surface area contributed by atoms with Crippen LogP contribution in [0, 0.1) is 0 Å². The van der Waals surface area contributed by atoms with Crippen molar-refractivity contribution in [2.75, 3.05) is 13.7 Å². The van der Waals surface area contributed by atoms with Crippen LogP contribution in [0.4, 0.5) is 0 Å². The van der Waals surface area contributed by atoms with E-state index in [1.165, 1.54) is 0 Å². The third kappa shape index (κ3) is 2.76. The number of H-pyrrole nitrogens is 1. The average Bonchev–Trinajstić information content (AvgIpc) is 3.27. The van der Waals surface area contributed by atoms with Crippen molar-refractivity contribution in [2.45, 2.75) is 18.6 Å². The van der Waals surface area contributed by atoms with Crippen LogP contribution in [0.1, 0.15) is 28.4 Å². The zero-order valence-electron chi connectivity index (χ0n) is 14.0. The molecule has 2 aromatic carbocycles. The highest BCUT2D eigenvalue weighted by atomic mass is 16.5. The summed E-state index contributed by atoms with van der Waals surface area (Å²) in [4.78, 5) is 18.1.